The molecule has 0 aliphatic rings. The number of rotatable bonds is 14. The number of hydrogen-bond acceptors (Lipinski definition) is 6. The zero-order valence-corrected chi connectivity index (χ0v) is 18.8. The van der Waals surface area contributed by atoms with Crippen molar-refractivity contribution in [3.63, 3.8) is 0 Å². The number of pyridine rings is 1. The lowest BCUT2D eigenvalue weighted by atomic mass is 10.1. The van der Waals surface area contributed by atoms with E-state index in [0.29, 0.717) is 24.3 Å². The average molecular weight is 450 g/mol. The molecule has 31 heavy (non-hydrogen) atoms. The third-order valence-electron chi connectivity index (χ3n) is 4.73. The van der Waals surface area contributed by atoms with Gasteiger partial charge in [-0.15, -0.1) is 0 Å². The molecule has 1 heterocycles. The lowest BCUT2D eigenvalue weighted by Crippen LogP contribution is -2.43. The quantitative estimate of drug-likeness (QED) is 0.427. The maximum Gasteiger partial charge on any atom is 0.322 e. The molecule has 0 spiro atoms. The zero-order chi connectivity index (χ0) is 22.7. The van der Waals surface area contributed by atoms with Crippen LogP contribution in [0.1, 0.15) is 31.7 Å². The molecule has 0 radical (unpaired) electrons. The van der Waals surface area contributed by atoms with Crippen LogP contribution in [0.15, 0.2) is 48.8 Å². The molecule has 1 atom stereocenters. The van der Waals surface area contributed by atoms with Crippen LogP contribution in [0.2, 0.25) is 0 Å². The Kier molecular flexibility index (Phi) is 9.74. The highest BCUT2D eigenvalue weighted by molar-refractivity contribution is 7.89. The number of anilines is 1. The molecule has 9 heteroatoms. The molecule has 0 aliphatic carbocycles. The number of aromatic nitrogens is 1. The predicted octanol–water partition coefficient (Wildman–Crippen LogP) is 2.70. The SMILES string of the molecule is CCCCS(=O)(=O)N[C@@H](Cc1cccc(OCCCN(C)c2ccncc2)c1)C(=O)O. The number of nitrogens with zero attached hydrogens (tertiary/aromatic N) is 2. The van der Waals surface area contributed by atoms with Gasteiger partial charge in [-0.3, -0.25) is 9.78 Å². The van der Waals surface area contributed by atoms with E-state index in [9.17, 15) is 18.3 Å². The van der Waals surface area contributed by atoms with Crippen molar-refractivity contribution in [2.75, 3.05) is 30.9 Å². The number of nitrogens with one attached hydrogen (secondary N) is 1. The van der Waals surface area contributed by atoms with E-state index in [0.717, 1.165) is 25.1 Å². The Bertz CT molecular complexity index is 922. The van der Waals surface area contributed by atoms with E-state index in [-0.39, 0.29) is 12.2 Å². The van der Waals surface area contributed by atoms with Gasteiger partial charge in [0.2, 0.25) is 10.0 Å². The Balaban J connectivity index is 1.87. The van der Waals surface area contributed by atoms with Gasteiger partial charge in [0, 0.05) is 31.7 Å². The molecule has 1 aromatic carbocycles. The average Bonchev–Trinajstić information content (AvgIpc) is 2.75. The van der Waals surface area contributed by atoms with Crippen LogP contribution in [0.5, 0.6) is 5.75 Å². The minimum atomic E-state index is -3.64. The monoisotopic (exact) mass is 449 g/mol. The largest absolute Gasteiger partial charge is 0.494 e. The topological polar surface area (TPSA) is 109 Å². The normalized spacial score (nSPS) is 12.3. The molecular formula is C22H31N3O5S. The van der Waals surface area contributed by atoms with Crippen molar-refractivity contribution in [3.05, 3.63) is 54.4 Å². The number of ether oxygens (including phenoxy) is 1. The molecule has 170 valence electrons. The Morgan fingerprint density at radius 2 is 1.97 bits per heavy atom. The zero-order valence-electron chi connectivity index (χ0n) is 18.0. The van der Waals surface area contributed by atoms with Crippen LogP contribution in [-0.2, 0) is 21.2 Å². The van der Waals surface area contributed by atoms with Gasteiger partial charge in [-0.2, -0.15) is 0 Å². The van der Waals surface area contributed by atoms with E-state index in [1.165, 1.54) is 0 Å². The number of carboxylic acids is 1. The van der Waals surface area contributed by atoms with Crippen molar-refractivity contribution in [1.29, 1.82) is 0 Å². The molecule has 1 aromatic heterocycles. The number of carboxylic acid groups (broad SMARTS) is 1. The molecule has 2 aromatic rings. The van der Waals surface area contributed by atoms with Crippen molar-refractivity contribution in [2.24, 2.45) is 0 Å². The second-order valence-corrected chi connectivity index (χ2v) is 9.24. The van der Waals surface area contributed by atoms with Gasteiger partial charge in [-0.25, -0.2) is 13.1 Å². The molecule has 0 bridgehead atoms. The summed E-state index contributed by atoms with van der Waals surface area (Å²) in [5.74, 6) is -0.655. The molecule has 0 fully saturated rings. The summed E-state index contributed by atoms with van der Waals surface area (Å²) in [5.41, 5.74) is 1.77. The molecule has 0 unspecified atom stereocenters. The lowest BCUT2D eigenvalue weighted by Gasteiger charge is -2.19. The Morgan fingerprint density at radius 1 is 1.23 bits per heavy atom. The summed E-state index contributed by atoms with van der Waals surface area (Å²) in [6.07, 6.45) is 5.56. The molecule has 0 saturated heterocycles. The summed E-state index contributed by atoms with van der Waals surface area (Å²) in [6, 6.07) is 9.77. The van der Waals surface area contributed by atoms with Gasteiger partial charge < -0.3 is 14.7 Å². The maximum absolute atomic E-state index is 12.1. The first-order valence-electron chi connectivity index (χ1n) is 10.4. The van der Waals surface area contributed by atoms with Gasteiger partial charge in [0.05, 0.1) is 12.4 Å². The van der Waals surface area contributed by atoms with Crippen LogP contribution in [0.3, 0.4) is 0 Å². The van der Waals surface area contributed by atoms with E-state index < -0.39 is 22.0 Å². The van der Waals surface area contributed by atoms with Crippen LogP contribution >= 0.6 is 0 Å². The maximum atomic E-state index is 12.1. The highest BCUT2D eigenvalue weighted by Gasteiger charge is 2.24. The number of sulfonamides is 1. The third-order valence-corrected chi connectivity index (χ3v) is 6.20. The smallest absolute Gasteiger partial charge is 0.322 e. The fourth-order valence-corrected chi connectivity index (χ4v) is 4.41. The summed E-state index contributed by atoms with van der Waals surface area (Å²) < 4.78 is 32.3. The molecule has 0 saturated carbocycles. The second kappa shape index (κ2) is 12.3. The van der Waals surface area contributed by atoms with Crippen LogP contribution in [0, 0.1) is 0 Å². The number of unbranched alkanes of at least 4 members (excludes halogenated alkanes) is 1. The highest BCUT2D eigenvalue weighted by Crippen LogP contribution is 2.16. The minimum absolute atomic E-state index is 0.0443. The van der Waals surface area contributed by atoms with Crippen molar-refractivity contribution in [1.82, 2.24) is 9.71 Å². The Hall–Kier alpha value is -2.65. The molecule has 8 nitrogen and oxygen atoms in total. The van der Waals surface area contributed by atoms with Crippen LogP contribution in [0.25, 0.3) is 0 Å². The first-order valence-corrected chi connectivity index (χ1v) is 12.0. The van der Waals surface area contributed by atoms with E-state index in [2.05, 4.69) is 14.6 Å². The molecular weight excluding hydrogens is 418 g/mol. The van der Waals surface area contributed by atoms with Crippen LogP contribution in [0.4, 0.5) is 5.69 Å². The van der Waals surface area contributed by atoms with Crippen LogP contribution in [-0.4, -0.2) is 56.5 Å². The van der Waals surface area contributed by atoms with Crippen molar-refractivity contribution in [3.8, 4) is 5.75 Å². The standard InChI is InChI=1S/C22H31N3O5S/c1-3-4-15-31(28,29)24-21(22(26)27)17-18-7-5-8-20(16-18)30-14-6-13-25(2)19-9-11-23-12-10-19/h5,7-12,16,21,24H,3-4,6,13-15,17H2,1-2H3,(H,26,27)/t21-/m0/s1. The first-order chi connectivity index (χ1) is 14.8. The van der Waals surface area contributed by atoms with Gasteiger partial charge >= 0.3 is 5.97 Å². The van der Waals surface area contributed by atoms with Gasteiger partial charge in [0.15, 0.2) is 0 Å². The third kappa shape index (κ3) is 8.94. The Labute approximate surface area is 184 Å². The minimum Gasteiger partial charge on any atom is -0.494 e. The lowest BCUT2D eigenvalue weighted by molar-refractivity contribution is -0.138. The summed E-state index contributed by atoms with van der Waals surface area (Å²) in [6.45, 7) is 3.20. The van der Waals surface area contributed by atoms with E-state index in [4.69, 9.17) is 4.74 Å². The fourth-order valence-electron chi connectivity index (χ4n) is 3.01. The summed E-state index contributed by atoms with van der Waals surface area (Å²) >= 11 is 0. The van der Waals surface area contributed by atoms with Gasteiger partial charge in [-0.05, 0) is 49.1 Å². The number of aliphatic carboxylic acids is 1. The van der Waals surface area contributed by atoms with E-state index in [1.54, 1.807) is 36.7 Å². The van der Waals surface area contributed by atoms with Crippen molar-refractivity contribution in [2.45, 2.75) is 38.6 Å². The fraction of sp³-hybridized carbons (Fsp3) is 0.455. The molecule has 2 N–H and O–H groups in total. The van der Waals surface area contributed by atoms with Crippen molar-refractivity contribution >= 4 is 21.7 Å². The van der Waals surface area contributed by atoms with Gasteiger partial charge in [0.1, 0.15) is 11.8 Å². The summed E-state index contributed by atoms with van der Waals surface area (Å²) in [4.78, 5) is 17.7. The number of carbonyl (C=O) groups is 1. The number of hydrogen-bond donors (Lipinski definition) is 2. The molecule has 2 rings (SSSR count). The first kappa shape index (κ1) is 24.6. The van der Waals surface area contributed by atoms with E-state index in [1.807, 2.05) is 26.1 Å². The summed E-state index contributed by atoms with van der Waals surface area (Å²) in [5, 5.41) is 9.45. The molecule has 0 aliphatic heterocycles. The van der Waals surface area contributed by atoms with Gasteiger partial charge in [-0.1, -0.05) is 25.5 Å². The molecule has 0 amide bonds. The number of benzene rings is 1. The highest BCUT2D eigenvalue weighted by atomic mass is 32.2. The Morgan fingerprint density at radius 3 is 2.65 bits per heavy atom. The second-order valence-electron chi connectivity index (χ2n) is 7.36. The van der Waals surface area contributed by atoms with E-state index >= 15 is 0 Å². The van der Waals surface area contributed by atoms with Crippen LogP contribution < -0.4 is 14.4 Å². The summed E-state index contributed by atoms with van der Waals surface area (Å²) in [7, 11) is -1.63. The van der Waals surface area contributed by atoms with Gasteiger partial charge in [0.25, 0.3) is 0 Å². The predicted molar refractivity (Wildman–Crippen MR) is 121 cm³/mol. The van der Waals surface area contributed by atoms with Crippen molar-refractivity contribution < 1.29 is 23.1 Å².